The van der Waals surface area contributed by atoms with Crippen LogP contribution in [0.1, 0.15) is 45.2 Å². The Balaban J connectivity index is 2.18. The van der Waals surface area contributed by atoms with Gasteiger partial charge in [-0.05, 0) is 29.4 Å². The lowest BCUT2D eigenvalue weighted by atomic mass is 9.73. The molecule has 12 heteroatoms. The van der Waals surface area contributed by atoms with Crippen molar-refractivity contribution in [3.05, 3.63) is 71.2 Å². The molecule has 11 nitrogen and oxygen atoms in total. The van der Waals surface area contributed by atoms with E-state index in [1.165, 1.54) is 24.5 Å². The molecule has 38 heavy (non-hydrogen) atoms. The molecule has 1 heterocycles. The summed E-state index contributed by atoms with van der Waals surface area (Å²) in [6.45, 7) is 7.22. The first kappa shape index (κ1) is 30.6. The molecule has 3 amide bonds. The van der Waals surface area contributed by atoms with E-state index in [1.807, 2.05) is 32.0 Å². The number of amides is 3. The quantitative estimate of drug-likeness (QED) is 0.146. The molecule has 0 bridgehead atoms. The molecule has 5 N–H and O–H groups in total. The highest BCUT2D eigenvalue weighted by Crippen LogP contribution is 2.10. The van der Waals surface area contributed by atoms with E-state index in [2.05, 4.69) is 16.0 Å². The van der Waals surface area contributed by atoms with Gasteiger partial charge in [-0.25, -0.2) is 4.79 Å². The molecule has 0 saturated heterocycles. The van der Waals surface area contributed by atoms with Gasteiger partial charge in [0.25, 0.3) is 0 Å². The second-order valence-corrected chi connectivity index (χ2v) is 9.91. The van der Waals surface area contributed by atoms with Gasteiger partial charge in [0.2, 0.25) is 11.8 Å². The topological polar surface area (TPSA) is 164 Å². The van der Waals surface area contributed by atoms with E-state index in [9.17, 15) is 29.6 Å². The Labute approximate surface area is 223 Å². The van der Waals surface area contributed by atoms with Crippen LogP contribution in [0.4, 0.5) is 4.79 Å². The molecule has 2 rings (SSSR count). The molecule has 0 spiro atoms. The molecular formula is C26H37BN4O7. The van der Waals surface area contributed by atoms with Crippen molar-refractivity contribution in [2.45, 2.75) is 65.2 Å². The van der Waals surface area contributed by atoms with E-state index in [1.54, 1.807) is 26.0 Å². The first-order valence-electron chi connectivity index (χ1n) is 12.6. The largest absolute Gasteiger partial charge is 0.619 e. The lowest BCUT2D eigenvalue weighted by molar-refractivity contribution is -0.605. The van der Waals surface area contributed by atoms with Crippen LogP contribution in [0.2, 0.25) is 0 Å². The Hall–Kier alpha value is -3.64. The number of ether oxygens (including phenoxy) is 1. The third-order valence-corrected chi connectivity index (χ3v) is 5.82. The van der Waals surface area contributed by atoms with Crippen molar-refractivity contribution >= 4 is 25.0 Å². The summed E-state index contributed by atoms with van der Waals surface area (Å²) in [5.74, 6) is -2.39. The number of benzene rings is 1. The molecule has 0 fully saturated rings. The summed E-state index contributed by atoms with van der Waals surface area (Å²) in [5, 5.41) is 38.6. The third kappa shape index (κ3) is 10.4. The lowest BCUT2D eigenvalue weighted by Crippen LogP contribution is -2.58. The Morgan fingerprint density at radius 2 is 1.50 bits per heavy atom. The van der Waals surface area contributed by atoms with E-state index >= 15 is 0 Å². The van der Waals surface area contributed by atoms with E-state index in [0.717, 1.165) is 5.56 Å². The molecule has 0 aliphatic carbocycles. The van der Waals surface area contributed by atoms with Crippen LogP contribution in [0.5, 0.6) is 0 Å². The minimum Gasteiger partial charge on any atom is -0.619 e. The van der Waals surface area contributed by atoms with Crippen molar-refractivity contribution in [2.75, 3.05) is 0 Å². The lowest BCUT2D eigenvalue weighted by Gasteiger charge is -2.27. The summed E-state index contributed by atoms with van der Waals surface area (Å²) in [6.07, 6.45) is 2.04. The number of alkyl carbamates (subject to hydrolysis) is 1. The Morgan fingerprint density at radius 3 is 2.05 bits per heavy atom. The molecule has 2 aromatic rings. The third-order valence-electron chi connectivity index (χ3n) is 5.82. The molecule has 0 radical (unpaired) electrons. The number of pyridine rings is 1. The molecule has 0 aliphatic heterocycles. The van der Waals surface area contributed by atoms with Crippen LogP contribution in [-0.2, 0) is 27.4 Å². The van der Waals surface area contributed by atoms with Crippen LogP contribution < -0.4 is 20.7 Å². The van der Waals surface area contributed by atoms with Gasteiger partial charge in [-0.3, -0.25) is 9.59 Å². The number of hydrogen-bond donors (Lipinski definition) is 5. The number of carbonyl (C=O) groups is 3. The Morgan fingerprint density at radius 1 is 0.895 bits per heavy atom. The predicted octanol–water partition coefficient (Wildman–Crippen LogP) is 0.841. The fourth-order valence-electron chi connectivity index (χ4n) is 3.76. The summed E-state index contributed by atoms with van der Waals surface area (Å²) < 4.78 is 5.87. The average molecular weight is 528 g/mol. The molecule has 0 saturated carbocycles. The van der Waals surface area contributed by atoms with E-state index in [4.69, 9.17) is 4.74 Å². The van der Waals surface area contributed by atoms with E-state index in [-0.39, 0.29) is 31.3 Å². The van der Waals surface area contributed by atoms with Gasteiger partial charge in [0.05, 0.1) is 5.94 Å². The number of nitrogens with zero attached hydrogens (tertiary/aromatic N) is 1. The first-order chi connectivity index (χ1) is 18.0. The van der Waals surface area contributed by atoms with Gasteiger partial charge in [0, 0.05) is 18.6 Å². The van der Waals surface area contributed by atoms with Gasteiger partial charge in [-0.1, -0.05) is 58.0 Å². The zero-order valence-electron chi connectivity index (χ0n) is 22.2. The van der Waals surface area contributed by atoms with Gasteiger partial charge in [-0.2, -0.15) is 4.73 Å². The second kappa shape index (κ2) is 14.9. The molecular weight excluding hydrogens is 491 g/mol. The van der Waals surface area contributed by atoms with Crippen LogP contribution in [0.25, 0.3) is 0 Å². The van der Waals surface area contributed by atoms with Crippen LogP contribution in [0.3, 0.4) is 0 Å². The number of rotatable bonds is 13. The van der Waals surface area contributed by atoms with Crippen LogP contribution in [-0.4, -0.2) is 53.1 Å². The summed E-state index contributed by atoms with van der Waals surface area (Å²) in [5.41, 5.74) is 1.37. The molecule has 206 valence electrons. The molecule has 3 atom stereocenters. The number of aromatic nitrogens is 1. The fourth-order valence-corrected chi connectivity index (χ4v) is 3.76. The maximum Gasteiger partial charge on any atom is 0.475 e. The number of hydrogen-bond acceptors (Lipinski definition) is 7. The second-order valence-electron chi connectivity index (χ2n) is 9.91. The minimum absolute atomic E-state index is 0.000980. The minimum atomic E-state index is -1.77. The van der Waals surface area contributed by atoms with Gasteiger partial charge in [0.1, 0.15) is 18.7 Å². The van der Waals surface area contributed by atoms with Crippen molar-refractivity contribution in [3.8, 4) is 0 Å². The van der Waals surface area contributed by atoms with Crippen molar-refractivity contribution in [3.63, 3.8) is 0 Å². The summed E-state index contributed by atoms with van der Waals surface area (Å²) in [4.78, 5) is 38.9. The molecule has 1 aromatic carbocycles. The molecule has 0 aliphatic rings. The summed E-state index contributed by atoms with van der Waals surface area (Å²) in [6, 6.07) is 9.99. The summed E-state index contributed by atoms with van der Waals surface area (Å²) >= 11 is 0. The predicted molar refractivity (Wildman–Crippen MR) is 141 cm³/mol. The number of nitrogens with one attached hydrogen (secondary N) is 3. The van der Waals surface area contributed by atoms with Crippen molar-refractivity contribution in [1.29, 1.82) is 0 Å². The smallest absolute Gasteiger partial charge is 0.475 e. The van der Waals surface area contributed by atoms with E-state index in [0.29, 0.717) is 10.3 Å². The van der Waals surface area contributed by atoms with Gasteiger partial charge in [-0.15, -0.1) is 0 Å². The maximum atomic E-state index is 13.3. The van der Waals surface area contributed by atoms with Crippen LogP contribution in [0.15, 0.2) is 54.9 Å². The average Bonchev–Trinajstić information content (AvgIpc) is 2.86. The molecule has 1 aromatic heterocycles. The van der Waals surface area contributed by atoms with Gasteiger partial charge >= 0.3 is 13.2 Å². The SMILES string of the molecule is CC(C)C[C@H](NC(=O)[C@H](Cc1cc[n+]([O-])cc1)NC(=O)OCc1ccccc1)C(=O)N[C@H](B(O)O)C(C)C. The van der Waals surface area contributed by atoms with Crippen molar-refractivity contribution < 1.29 is 33.9 Å². The van der Waals surface area contributed by atoms with Gasteiger partial charge in [0.15, 0.2) is 12.4 Å². The highest BCUT2D eigenvalue weighted by molar-refractivity contribution is 6.43. The van der Waals surface area contributed by atoms with Crippen molar-refractivity contribution in [2.24, 2.45) is 11.8 Å². The number of carbonyl (C=O) groups excluding carboxylic acids is 3. The first-order valence-corrected chi connectivity index (χ1v) is 12.6. The van der Waals surface area contributed by atoms with E-state index < -0.39 is 43.1 Å². The van der Waals surface area contributed by atoms with Crippen LogP contribution >= 0.6 is 0 Å². The van der Waals surface area contributed by atoms with Crippen LogP contribution in [0, 0.1) is 17.0 Å². The maximum absolute atomic E-state index is 13.3. The highest BCUT2D eigenvalue weighted by Gasteiger charge is 2.33. The highest BCUT2D eigenvalue weighted by atomic mass is 16.5. The zero-order chi connectivity index (χ0) is 28.2. The monoisotopic (exact) mass is 528 g/mol. The Kier molecular flexibility index (Phi) is 12.0. The zero-order valence-corrected chi connectivity index (χ0v) is 22.2. The normalized spacial score (nSPS) is 13.4. The van der Waals surface area contributed by atoms with Crippen molar-refractivity contribution in [1.82, 2.24) is 16.0 Å². The Bertz CT molecular complexity index is 1030. The fraction of sp³-hybridized carbons (Fsp3) is 0.462. The summed E-state index contributed by atoms with van der Waals surface area (Å²) in [7, 11) is -1.77. The molecule has 0 unspecified atom stereocenters. The standard InChI is InChI=1S/C26H37BN4O7/c1-17(2)14-21(25(33)30-23(18(3)4)27(35)36)28-24(32)22(15-19-10-12-31(37)13-11-19)29-26(34)38-16-20-8-6-5-7-9-20/h5-13,17-18,21-23,35-36H,14-16H2,1-4H3,(H,28,32)(H,29,34)(H,30,33)/t21-,22-,23-/m0/s1. The van der Waals surface area contributed by atoms with Gasteiger partial charge < -0.3 is 35.9 Å².